The molecule has 2 rings (SSSR count). The molecule has 0 saturated carbocycles. The van der Waals surface area contributed by atoms with Crippen molar-refractivity contribution in [2.24, 2.45) is 7.05 Å². The third-order valence-corrected chi connectivity index (χ3v) is 3.19. The molecular weight excluding hydrogens is 290 g/mol. The molecule has 0 bridgehead atoms. The Hall–Kier alpha value is -0.950. The molecule has 2 aromatic heterocycles. The average Bonchev–Trinajstić information content (AvgIpc) is 2.76. The molecule has 86 valence electrons. The van der Waals surface area contributed by atoms with Gasteiger partial charge in [-0.1, -0.05) is 6.92 Å². The van der Waals surface area contributed by atoms with E-state index in [-0.39, 0.29) is 5.92 Å². The first-order valence-corrected chi connectivity index (χ1v) is 6.07. The highest BCUT2D eigenvalue weighted by Crippen LogP contribution is 2.15. The number of nitrogens with one attached hydrogen (secondary N) is 1. The number of aromatic amines is 1. The maximum Gasteiger partial charge on any atom is 0.194 e. The highest BCUT2D eigenvalue weighted by Gasteiger charge is 2.13. The molecule has 0 radical (unpaired) electrons. The summed E-state index contributed by atoms with van der Waals surface area (Å²) in [6.45, 7) is 2.87. The molecule has 7 heteroatoms. The molecule has 1 atom stereocenters. The predicted molar refractivity (Wildman–Crippen MR) is 66.7 cm³/mol. The number of nitrogens with zero attached hydrogens (tertiary/aromatic N) is 4. The lowest BCUT2D eigenvalue weighted by atomic mass is 10.1. The predicted octanol–water partition coefficient (Wildman–Crippen LogP) is 2.24. The Balaban J connectivity index is 2.17. The van der Waals surface area contributed by atoms with Crippen LogP contribution < -0.4 is 0 Å². The zero-order valence-corrected chi connectivity index (χ0v) is 11.4. The largest absolute Gasteiger partial charge is 0.307 e. The van der Waals surface area contributed by atoms with Gasteiger partial charge in [-0.05, 0) is 28.1 Å². The van der Waals surface area contributed by atoms with Crippen molar-refractivity contribution in [3.63, 3.8) is 0 Å². The van der Waals surface area contributed by atoms with Gasteiger partial charge in [0.25, 0.3) is 0 Å². The van der Waals surface area contributed by atoms with Gasteiger partial charge in [-0.2, -0.15) is 10.2 Å². The maximum absolute atomic E-state index is 5.08. The smallest absolute Gasteiger partial charge is 0.194 e. The van der Waals surface area contributed by atoms with Crippen molar-refractivity contribution in [3.05, 3.63) is 27.5 Å². The summed E-state index contributed by atoms with van der Waals surface area (Å²) < 4.78 is 5.39. The standard InChI is InChI=1S/C9H12BrN5S/c1-6(4-15-5-7(10)3-11-15)8-12-13-9(16)14(8)2/h3,5-6H,4H2,1-2H3,(H,13,16)/t6-/m0/s1. The first-order chi connectivity index (χ1) is 7.58. The van der Waals surface area contributed by atoms with E-state index in [4.69, 9.17) is 12.2 Å². The SMILES string of the molecule is C[C@@H](Cn1cc(Br)cn1)c1n[nH]c(=S)n1C. The summed E-state index contributed by atoms with van der Waals surface area (Å²) in [6.07, 6.45) is 3.72. The van der Waals surface area contributed by atoms with Crippen molar-refractivity contribution in [2.45, 2.75) is 19.4 Å². The van der Waals surface area contributed by atoms with Crippen LogP contribution >= 0.6 is 28.1 Å². The fourth-order valence-electron chi connectivity index (χ4n) is 1.60. The minimum Gasteiger partial charge on any atom is -0.307 e. The van der Waals surface area contributed by atoms with Gasteiger partial charge in [-0.15, -0.1) is 0 Å². The number of hydrogen-bond donors (Lipinski definition) is 1. The molecule has 0 spiro atoms. The molecule has 0 fully saturated rings. The molecule has 0 amide bonds. The van der Waals surface area contributed by atoms with Gasteiger partial charge in [0, 0.05) is 19.2 Å². The highest BCUT2D eigenvalue weighted by molar-refractivity contribution is 9.10. The minimum absolute atomic E-state index is 0.254. The third-order valence-electron chi connectivity index (χ3n) is 2.42. The Bertz CT molecular complexity index is 540. The van der Waals surface area contributed by atoms with Gasteiger partial charge < -0.3 is 4.57 Å². The minimum atomic E-state index is 0.254. The van der Waals surface area contributed by atoms with Gasteiger partial charge in [0.15, 0.2) is 4.77 Å². The van der Waals surface area contributed by atoms with Gasteiger partial charge in [-0.3, -0.25) is 9.78 Å². The van der Waals surface area contributed by atoms with E-state index in [9.17, 15) is 0 Å². The molecule has 2 heterocycles. The summed E-state index contributed by atoms with van der Waals surface area (Å²) in [4.78, 5) is 0. The Morgan fingerprint density at radius 2 is 2.38 bits per heavy atom. The van der Waals surface area contributed by atoms with Crippen LogP contribution in [0, 0.1) is 4.77 Å². The van der Waals surface area contributed by atoms with Crippen molar-refractivity contribution in [1.29, 1.82) is 0 Å². The van der Waals surface area contributed by atoms with Gasteiger partial charge in [0.2, 0.25) is 0 Å². The van der Waals surface area contributed by atoms with E-state index in [1.807, 2.05) is 22.5 Å². The van der Waals surface area contributed by atoms with Crippen molar-refractivity contribution < 1.29 is 0 Å². The normalized spacial score (nSPS) is 12.9. The number of H-pyrrole nitrogens is 1. The second-order valence-electron chi connectivity index (χ2n) is 3.73. The molecule has 16 heavy (non-hydrogen) atoms. The fraction of sp³-hybridized carbons (Fsp3) is 0.444. The number of halogens is 1. The van der Waals surface area contributed by atoms with Crippen LogP contribution in [-0.2, 0) is 13.6 Å². The summed E-state index contributed by atoms with van der Waals surface area (Å²) in [5.41, 5.74) is 0. The quantitative estimate of drug-likeness (QED) is 0.885. The zero-order valence-electron chi connectivity index (χ0n) is 9.01. The van der Waals surface area contributed by atoms with Crippen LogP contribution in [0.15, 0.2) is 16.9 Å². The lowest BCUT2D eigenvalue weighted by molar-refractivity contribution is 0.511. The van der Waals surface area contributed by atoms with Crippen LogP contribution in [0.4, 0.5) is 0 Å². The summed E-state index contributed by atoms with van der Waals surface area (Å²) in [5.74, 6) is 1.20. The maximum atomic E-state index is 5.08. The Morgan fingerprint density at radius 1 is 1.62 bits per heavy atom. The molecule has 0 unspecified atom stereocenters. The molecule has 0 aliphatic rings. The van der Waals surface area contributed by atoms with Crippen LogP contribution in [0.5, 0.6) is 0 Å². The second kappa shape index (κ2) is 4.50. The summed E-state index contributed by atoms with van der Waals surface area (Å²) in [6, 6.07) is 0. The summed E-state index contributed by atoms with van der Waals surface area (Å²) in [5, 5.41) is 11.2. The van der Waals surface area contributed by atoms with Crippen LogP contribution in [0.1, 0.15) is 18.7 Å². The van der Waals surface area contributed by atoms with E-state index in [0.29, 0.717) is 4.77 Å². The average molecular weight is 302 g/mol. The number of rotatable bonds is 3. The van der Waals surface area contributed by atoms with Crippen molar-refractivity contribution >= 4 is 28.1 Å². The number of hydrogen-bond acceptors (Lipinski definition) is 3. The summed E-state index contributed by atoms with van der Waals surface area (Å²) >= 11 is 8.45. The zero-order chi connectivity index (χ0) is 11.7. The van der Waals surface area contributed by atoms with E-state index in [1.54, 1.807) is 6.20 Å². The van der Waals surface area contributed by atoms with E-state index < -0.39 is 0 Å². The van der Waals surface area contributed by atoms with E-state index in [1.165, 1.54) is 0 Å². The van der Waals surface area contributed by atoms with Crippen LogP contribution in [0.2, 0.25) is 0 Å². The monoisotopic (exact) mass is 301 g/mol. The van der Waals surface area contributed by atoms with Crippen molar-refractivity contribution in [2.75, 3.05) is 0 Å². The number of aromatic nitrogens is 5. The Morgan fingerprint density at radius 3 is 2.88 bits per heavy atom. The van der Waals surface area contributed by atoms with Gasteiger partial charge in [-0.25, -0.2) is 0 Å². The van der Waals surface area contributed by atoms with Crippen molar-refractivity contribution in [1.82, 2.24) is 24.5 Å². The van der Waals surface area contributed by atoms with E-state index >= 15 is 0 Å². The molecule has 5 nitrogen and oxygen atoms in total. The highest BCUT2D eigenvalue weighted by atomic mass is 79.9. The molecule has 0 aliphatic carbocycles. The van der Waals surface area contributed by atoms with Crippen LogP contribution in [-0.4, -0.2) is 24.5 Å². The van der Waals surface area contributed by atoms with Crippen molar-refractivity contribution in [3.8, 4) is 0 Å². The Kier molecular flexibility index (Phi) is 3.25. The van der Waals surface area contributed by atoms with Gasteiger partial charge >= 0.3 is 0 Å². The van der Waals surface area contributed by atoms with E-state index in [0.717, 1.165) is 16.8 Å². The Labute approximate surface area is 107 Å². The summed E-state index contributed by atoms with van der Waals surface area (Å²) in [7, 11) is 1.91. The van der Waals surface area contributed by atoms with Crippen LogP contribution in [0.3, 0.4) is 0 Å². The lowest BCUT2D eigenvalue weighted by Crippen LogP contribution is -2.11. The van der Waals surface area contributed by atoms with Gasteiger partial charge in [0.1, 0.15) is 5.82 Å². The third kappa shape index (κ3) is 2.25. The van der Waals surface area contributed by atoms with Gasteiger partial charge in [0.05, 0.1) is 17.2 Å². The van der Waals surface area contributed by atoms with Crippen LogP contribution in [0.25, 0.3) is 0 Å². The first-order valence-electron chi connectivity index (χ1n) is 4.87. The second-order valence-corrected chi connectivity index (χ2v) is 5.03. The molecule has 0 aromatic carbocycles. The fourth-order valence-corrected chi connectivity index (χ4v) is 2.07. The molecule has 2 aromatic rings. The topological polar surface area (TPSA) is 51.4 Å². The lowest BCUT2D eigenvalue weighted by Gasteiger charge is -2.10. The molecule has 0 saturated heterocycles. The first kappa shape index (κ1) is 11.5. The molecular formula is C9H12BrN5S. The molecule has 0 aliphatic heterocycles. The molecule has 1 N–H and O–H groups in total. The van der Waals surface area contributed by atoms with E-state index in [2.05, 4.69) is 38.1 Å².